The molecule has 0 radical (unpaired) electrons. The van der Waals surface area contributed by atoms with Crippen molar-refractivity contribution in [3.8, 4) is 0 Å². The Balaban J connectivity index is 2.59. The van der Waals surface area contributed by atoms with Crippen molar-refractivity contribution in [2.45, 2.75) is 45.5 Å². The molecule has 0 unspecified atom stereocenters. The van der Waals surface area contributed by atoms with Gasteiger partial charge in [0.1, 0.15) is 0 Å². The van der Waals surface area contributed by atoms with Crippen molar-refractivity contribution in [2.24, 2.45) is 0 Å². The Hall–Kier alpha value is -0.853. The molecule has 21 heavy (non-hydrogen) atoms. The van der Waals surface area contributed by atoms with E-state index in [2.05, 4.69) is 0 Å². The van der Waals surface area contributed by atoms with Crippen molar-refractivity contribution in [3.63, 3.8) is 0 Å². The number of aryl methyl sites for hydroxylation is 1. The largest absolute Gasteiger partial charge is 0.416 e. The Morgan fingerprint density at radius 1 is 1.10 bits per heavy atom. The van der Waals surface area contributed by atoms with Crippen molar-refractivity contribution < 1.29 is 22.0 Å². The van der Waals surface area contributed by atoms with Crippen molar-refractivity contribution in [1.82, 2.24) is 0 Å². The van der Waals surface area contributed by atoms with E-state index in [1.165, 1.54) is 12.1 Å². The van der Waals surface area contributed by atoms with Crippen molar-refractivity contribution >= 4 is 8.56 Å². The fourth-order valence-corrected chi connectivity index (χ4v) is 4.73. The van der Waals surface area contributed by atoms with Crippen LogP contribution in [-0.2, 0) is 21.4 Å². The maximum atomic E-state index is 12.6. The molecular formula is C15H23F3O2Si. The van der Waals surface area contributed by atoms with Crippen LogP contribution < -0.4 is 0 Å². The van der Waals surface area contributed by atoms with E-state index in [0.29, 0.717) is 25.2 Å². The molecule has 6 heteroatoms. The first-order valence-electron chi connectivity index (χ1n) is 7.25. The zero-order valence-electron chi connectivity index (χ0n) is 12.8. The first kappa shape index (κ1) is 18.2. The minimum absolute atomic E-state index is 0.588. The van der Waals surface area contributed by atoms with E-state index in [1.807, 2.05) is 20.4 Å². The highest BCUT2D eigenvalue weighted by molar-refractivity contribution is 6.66. The van der Waals surface area contributed by atoms with E-state index in [4.69, 9.17) is 8.85 Å². The fraction of sp³-hybridized carbons (Fsp3) is 0.600. The Labute approximate surface area is 125 Å². The summed E-state index contributed by atoms with van der Waals surface area (Å²) in [7, 11) is -2.18. The van der Waals surface area contributed by atoms with Gasteiger partial charge in [0.2, 0.25) is 0 Å². The number of hydrogen-bond donors (Lipinski definition) is 0. The molecule has 1 rings (SSSR count). The molecule has 0 bridgehead atoms. The first-order valence-corrected chi connectivity index (χ1v) is 9.77. The zero-order valence-corrected chi connectivity index (χ0v) is 13.8. The van der Waals surface area contributed by atoms with Gasteiger partial charge >= 0.3 is 14.7 Å². The summed E-state index contributed by atoms with van der Waals surface area (Å²) in [4.78, 5) is 0. The molecule has 0 amide bonds. The average molecular weight is 320 g/mol. The van der Waals surface area contributed by atoms with Gasteiger partial charge in [0.25, 0.3) is 0 Å². The number of hydrogen-bond acceptors (Lipinski definition) is 2. The summed E-state index contributed by atoms with van der Waals surface area (Å²) < 4.78 is 49.4. The van der Waals surface area contributed by atoms with Crippen LogP contribution >= 0.6 is 0 Å². The Morgan fingerprint density at radius 2 is 1.71 bits per heavy atom. The summed E-state index contributed by atoms with van der Waals surface area (Å²) >= 11 is 0. The summed E-state index contributed by atoms with van der Waals surface area (Å²) in [6.45, 7) is 7.07. The highest BCUT2D eigenvalue weighted by atomic mass is 28.4. The Bertz CT molecular complexity index is 429. The van der Waals surface area contributed by atoms with Crippen molar-refractivity contribution in [2.75, 3.05) is 13.2 Å². The second-order valence-corrected chi connectivity index (χ2v) is 8.40. The predicted octanol–water partition coefficient (Wildman–Crippen LogP) is 4.78. The molecule has 2 nitrogen and oxygen atoms in total. The van der Waals surface area contributed by atoms with Gasteiger partial charge in [-0.2, -0.15) is 13.2 Å². The monoisotopic (exact) mass is 320 g/mol. The fourth-order valence-electron chi connectivity index (χ4n) is 2.31. The lowest BCUT2D eigenvalue weighted by molar-refractivity contribution is -0.137. The van der Waals surface area contributed by atoms with Crippen LogP contribution in [-0.4, -0.2) is 21.8 Å². The molecule has 120 valence electrons. The van der Waals surface area contributed by atoms with E-state index in [-0.39, 0.29) is 0 Å². The third-order valence-electron chi connectivity index (χ3n) is 3.25. The van der Waals surface area contributed by atoms with Crippen molar-refractivity contribution in [1.29, 1.82) is 0 Å². The molecule has 0 aromatic heterocycles. The second-order valence-electron chi connectivity index (χ2n) is 5.05. The summed E-state index contributed by atoms with van der Waals surface area (Å²) in [5.74, 6) is 0. The molecule has 0 spiro atoms. The topological polar surface area (TPSA) is 18.5 Å². The zero-order chi connectivity index (χ0) is 15.9. The lowest BCUT2D eigenvalue weighted by atomic mass is 10.1. The highest BCUT2D eigenvalue weighted by Crippen LogP contribution is 2.30. The molecule has 0 atom stereocenters. The van der Waals surface area contributed by atoms with Gasteiger partial charge in [0, 0.05) is 13.2 Å². The van der Waals surface area contributed by atoms with E-state index >= 15 is 0 Å². The van der Waals surface area contributed by atoms with Crippen LogP contribution in [0.1, 0.15) is 31.4 Å². The smallest absolute Gasteiger partial charge is 0.395 e. The summed E-state index contributed by atoms with van der Waals surface area (Å²) in [6, 6.07) is 6.29. The quantitative estimate of drug-likeness (QED) is 0.642. The van der Waals surface area contributed by atoms with Gasteiger partial charge in [0.05, 0.1) is 5.56 Å². The number of alkyl halides is 3. The molecule has 0 saturated carbocycles. The van der Waals surface area contributed by atoms with E-state index in [9.17, 15) is 13.2 Å². The molecule has 0 N–H and O–H groups in total. The van der Waals surface area contributed by atoms with Crippen LogP contribution in [0.5, 0.6) is 0 Å². The third-order valence-corrected chi connectivity index (χ3v) is 6.31. The Kier molecular flexibility index (Phi) is 6.90. The van der Waals surface area contributed by atoms with E-state index in [1.54, 1.807) is 6.07 Å². The van der Waals surface area contributed by atoms with Crippen LogP contribution in [0, 0.1) is 0 Å². The second kappa shape index (κ2) is 7.96. The van der Waals surface area contributed by atoms with Crippen LogP contribution in [0.4, 0.5) is 13.2 Å². The molecule has 1 aromatic rings. The molecule has 0 aliphatic rings. The van der Waals surface area contributed by atoms with Crippen LogP contribution in [0.3, 0.4) is 0 Å². The lowest BCUT2D eigenvalue weighted by Crippen LogP contribution is -2.38. The van der Waals surface area contributed by atoms with Gasteiger partial charge in [-0.05, 0) is 50.9 Å². The molecule has 0 saturated heterocycles. The minimum Gasteiger partial charge on any atom is -0.395 e. The van der Waals surface area contributed by atoms with Crippen LogP contribution in [0.2, 0.25) is 12.6 Å². The molecule has 0 fully saturated rings. The SMILES string of the molecule is CCO[Si](C)(CCCc1cccc(C(F)(F)F)c1)OCC. The summed E-state index contributed by atoms with van der Waals surface area (Å²) in [5, 5.41) is 0. The minimum atomic E-state index is -4.28. The van der Waals surface area contributed by atoms with E-state index in [0.717, 1.165) is 18.5 Å². The normalized spacial score (nSPS) is 12.7. The first-order chi connectivity index (χ1) is 9.80. The standard InChI is InChI=1S/C15H23F3O2Si/c1-4-19-21(3,20-5-2)11-7-9-13-8-6-10-14(12-13)15(16,17)18/h6,8,10,12H,4-5,7,9,11H2,1-3H3. The van der Waals surface area contributed by atoms with Gasteiger partial charge in [-0.1, -0.05) is 18.2 Å². The third kappa shape index (κ3) is 6.19. The maximum absolute atomic E-state index is 12.6. The lowest BCUT2D eigenvalue weighted by Gasteiger charge is -2.25. The molecule has 0 aliphatic heterocycles. The van der Waals surface area contributed by atoms with Gasteiger partial charge in [-0.15, -0.1) is 0 Å². The van der Waals surface area contributed by atoms with Crippen LogP contribution in [0.25, 0.3) is 0 Å². The van der Waals surface area contributed by atoms with Gasteiger partial charge in [-0.3, -0.25) is 0 Å². The highest BCUT2D eigenvalue weighted by Gasteiger charge is 2.31. The number of benzene rings is 1. The Morgan fingerprint density at radius 3 is 2.24 bits per heavy atom. The van der Waals surface area contributed by atoms with Gasteiger partial charge in [-0.25, -0.2) is 0 Å². The molecule has 1 aromatic carbocycles. The average Bonchev–Trinajstić information content (AvgIpc) is 2.38. The van der Waals surface area contributed by atoms with Gasteiger partial charge < -0.3 is 8.85 Å². The molecule has 0 aliphatic carbocycles. The van der Waals surface area contributed by atoms with Crippen LogP contribution in [0.15, 0.2) is 24.3 Å². The molecular weight excluding hydrogens is 297 g/mol. The number of halogens is 3. The summed E-state index contributed by atoms with van der Waals surface area (Å²) in [6.07, 6.45) is -2.91. The number of rotatable bonds is 8. The maximum Gasteiger partial charge on any atom is 0.416 e. The van der Waals surface area contributed by atoms with Crippen molar-refractivity contribution in [3.05, 3.63) is 35.4 Å². The summed E-state index contributed by atoms with van der Waals surface area (Å²) in [5.41, 5.74) is 0.115. The van der Waals surface area contributed by atoms with Gasteiger partial charge in [0.15, 0.2) is 0 Å². The molecule has 0 heterocycles. The predicted molar refractivity (Wildman–Crippen MR) is 79.4 cm³/mol. The van der Waals surface area contributed by atoms with E-state index < -0.39 is 20.3 Å².